The van der Waals surface area contributed by atoms with E-state index in [1.807, 2.05) is 18.2 Å². The van der Waals surface area contributed by atoms with E-state index in [9.17, 15) is 0 Å². The Hall–Kier alpha value is -3.14. The van der Waals surface area contributed by atoms with Gasteiger partial charge in [-0.05, 0) is 24.3 Å². The van der Waals surface area contributed by atoms with Crippen LogP contribution in [0.2, 0.25) is 5.02 Å². The van der Waals surface area contributed by atoms with Crippen molar-refractivity contribution in [1.29, 1.82) is 0 Å². The van der Waals surface area contributed by atoms with Crippen LogP contribution in [0, 0.1) is 0 Å². The highest BCUT2D eigenvalue weighted by molar-refractivity contribution is 7.18. The molecule has 0 spiro atoms. The Morgan fingerprint density at radius 3 is 2.57 bits per heavy atom. The number of anilines is 1. The second-order valence-electron chi connectivity index (χ2n) is 6.10. The molecule has 30 heavy (non-hydrogen) atoms. The summed E-state index contributed by atoms with van der Waals surface area (Å²) in [5, 5.41) is 0.963. The molecule has 8 nitrogen and oxygen atoms in total. The Kier molecular flexibility index (Phi) is 6.12. The Bertz CT molecular complexity index is 1160. The summed E-state index contributed by atoms with van der Waals surface area (Å²) in [6, 6.07) is 7.30. The fourth-order valence-electron chi connectivity index (χ4n) is 2.68. The Balaban J connectivity index is 1.77. The number of ether oxygens (including phenoxy) is 2. The van der Waals surface area contributed by atoms with Crippen molar-refractivity contribution in [3.8, 4) is 39.1 Å². The highest BCUT2D eigenvalue weighted by Gasteiger charge is 2.15. The van der Waals surface area contributed by atoms with Gasteiger partial charge in [-0.2, -0.15) is 0 Å². The van der Waals surface area contributed by atoms with E-state index in [1.165, 1.54) is 11.3 Å². The number of hydrogen-bond donors (Lipinski definition) is 1. The minimum absolute atomic E-state index is 0.430. The predicted octanol–water partition coefficient (Wildman–Crippen LogP) is 3.98. The molecular weight excluding hydrogens is 424 g/mol. The number of hydrogen-bond acceptors (Lipinski definition) is 9. The zero-order valence-electron chi connectivity index (χ0n) is 15.9. The summed E-state index contributed by atoms with van der Waals surface area (Å²) < 4.78 is 10.6. The summed E-state index contributed by atoms with van der Waals surface area (Å²) in [6.45, 7) is 0.932. The zero-order chi connectivity index (χ0) is 20.9. The first-order valence-electron chi connectivity index (χ1n) is 8.93. The van der Waals surface area contributed by atoms with Crippen LogP contribution >= 0.6 is 22.9 Å². The highest BCUT2D eigenvalue weighted by atomic mass is 35.5. The lowest BCUT2D eigenvalue weighted by Crippen LogP contribution is -2.04. The average molecular weight is 441 g/mol. The monoisotopic (exact) mass is 440 g/mol. The molecule has 3 heterocycles. The predicted molar refractivity (Wildman–Crippen MR) is 116 cm³/mol. The van der Waals surface area contributed by atoms with Crippen LogP contribution in [0.25, 0.3) is 33.3 Å². The molecule has 0 saturated heterocycles. The van der Waals surface area contributed by atoms with Crippen LogP contribution in [0.4, 0.5) is 5.13 Å². The molecule has 0 unspecified atom stereocenters. The topological polar surface area (TPSA) is 109 Å². The molecule has 10 heteroatoms. The summed E-state index contributed by atoms with van der Waals surface area (Å²) in [6.07, 6.45) is 6.48. The van der Waals surface area contributed by atoms with E-state index < -0.39 is 0 Å². The van der Waals surface area contributed by atoms with Crippen molar-refractivity contribution < 1.29 is 9.47 Å². The zero-order valence-corrected chi connectivity index (χ0v) is 17.5. The maximum Gasteiger partial charge on any atom is 0.180 e. The van der Waals surface area contributed by atoms with Crippen molar-refractivity contribution in [2.24, 2.45) is 0 Å². The Morgan fingerprint density at radius 1 is 1.00 bits per heavy atom. The van der Waals surface area contributed by atoms with Gasteiger partial charge in [0.05, 0.1) is 34.1 Å². The summed E-state index contributed by atoms with van der Waals surface area (Å²) in [5.74, 6) is 1.08. The van der Waals surface area contributed by atoms with E-state index in [4.69, 9.17) is 26.8 Å². The second-order valence-corrected chi connectivity index (χ2v) is 7.57. The van der Waals surface area contributed by atoms with Crippen LogP contribution < -0.4 is 10.5 Å². The first-order valence-corrected chi connectivity index (χ1v) is 10.1. The summed E-state index contributed by atoms with van der Waals surface area (Å²) in [7, 11) is 1.62. The lowest BCUT2D eigenvalue weighted by molar-refractivity contribution is 0.146. The van der Waals surface area contributed by atoms with Crippen LogP contribution in [0.5, 0.6) is 5.75 Å². The van der Waals surface area contributed by atoms with Crippen LogP contribution in [0.15, 0.2) is 49.1 Å². The quantitative estimate of drug-likeness (QED) is 0.430. The standard InChI is InChI=1S/C20H17ClN6O2S/c1-28-6-7-29-12-2-3-13(14(21)8-12)15-9-16(18-11-25-20(22)30-18)27-19(26-15)17-10-23-4-5-24-17/h2-5,8-11H,6-7H2,1H3,(H2,22,25). The van der Waals surface area contributed by atoms with Gasteiger partial charge in [0.2, 0.25) is 0 Å². The van der Waals surface area contributed by atoms with Gasteiger partial charge in [0.1, 0.15) is 18.1 Å². The maximum atomic E-state index is 6.55. The van der Waals surface area contributed by atoms with E-state index in [0.717, 1.165) is 10.4 Å². The molecule has 0 aliphatic rings. The molecule has 4 aromatic rings. The number of halogens is 1. The van der Waals surface area contributed by atoms with Crippen LogP contribution in [0.1, 0.15) is 0 Å². The number of nitrogen functional groups attached to an aromatic ring is 1. The maximum absolute atomic E-state index is 6.55. The first-order chi connectivity index (χ1) is 14.6. The molecule has 1 aromatic carbocycles. The molecule has 152 valence electrons. The summed E-state index contributed by atoms with van der Waals surface area (Å²) in [4.78, 5) is 22.7. The normalized spacial score (nSPS) is 10.9. The largest absolute Gasteiger partial charge is 0.491 e. The average Bonchev–Trinajstić information content (AvgIpc) is 3.21. The van der Waals surface area contributed by atoms with Crippen molar-refractivity contribution in [2.75, 3.05) is 26.1 Å². The fourth-order valence-corrected chi connectivity index (χ4v) is 3.60. The van der Waals surface area contributed by atoms with Crippen molar-refractivity contribution in [1.82, 2.24) is 24.9 Å². The molecule has 0 aliphatic carbocycles. The lowest BCUT2D eigenvalue weighted by atomic mass is 10.1. The third-order valence-corrected chi connectivity index (χ3v) is 5.23. The summed E-state index contributed by atoms with van der Waals surface area (Å²) >= 11 is 7.89. The second kappa shape index (κ2) is 9.12. The lowest BCUT2D eigenvalue weighted by Gasteiger charge is -2.11. The Labute approximate surface area is 181 Å². The van der Waals surface area contributed by atoms with E-state index in [-0.39, 0.29) is 0 Å². The number of aromatic nitrogens is 5. The van der Waals surface area contributed by atoms with Gasteiger partial charge in [-0.1, -0.05) is 22.9 Å². The van der Waals surface area contributed by atoms with Gasteiger partial charge in [0, 0.05) is 31.3 Å². The third kappa shape index (κ3) is 4.54. The molecule has 0 aliphatic heterocycles. The first kappa shape index (κ1) is 20.1. The van der Waals surface area contributed by atoms with Gasteiger partial charge in [-0.25, -0.2) is 19.9 Å². The van der Waals surface area contributed by atoms with Crippen LogP contribution in [-0.4, -0.2) is 45.2 Å². The molecule has 4 rings (SSSR count). The number of methoxy groups -OCH3 is 1. The van der Waals surface area contributed by atoms with Gasteiger partial charge in [0.15, 0.2) is 11.0 Å². The van der Waals surface area contributed by atoms with Crippen LogP contribution in [0.3, 0.4) is 0 Å². The number of rotatable bonds is 7. The van der Waals surface area contributed by atoms with Gasteiger partial charge >= 0.3 is 0 Å². The van der Waals surface area contributed by atoms with Gasteiger partial charge in [-0.3, -0.25) is 4.98 Å². The van der Waals surface area contributed by atoms with E-state index in [1.54, 1.807) is 38.0 Å². The molecule has 0 fully saturated rings. The molecule has 0 radical (unpaired) electrons. The molecule has 3 aromatic heterocycles. The molecular formula is C20H17ClN6O2S. The molecule has 0 amide bonds. The number of benzene rings is 1. The Morgan fingerprint density at radius 2 is 1.87 bits per heavy atom. The van der Waals surface area contributed by atoms with Gasteiger partial charge in [0.25, 0.3) is 0 Å². The fraction of sp³-hybridized carbons (Fsp3) is 0.150. The van der Waals surface area contributed by atoms with Crippen molar-refractivity contribution in [3.05, 3.63) is 54.1 Å². The third-order valence-electron chi connectivity index (χ3n) is 4.07. The molecule has 0 atom stereocenters. The van der Waals surface area contributed by atoms with Crippen molar-refractivity contribution >= 4 is 28.1 Å². The minimum Gasteiger partial charge on any atom is -0.491 e. The van der Waals surface area contributed by atoms with E-state index in [0.29, 0.717) is 52.0 Å². The number of thiazole rings is 1. The van der Waals surface area contributed by atoms with Gasteiger partial charge in [-0.15, -0.1) is 0 Å². The van der Waals surface area contributed by atoms with E-state index in [2.05, 4.69) is 24.9 Å². The highest BCUT2D eigenvalue weighted by Crippen LogP contribution is 2.34. The van der Waals surface area contributed by atoms with Crippen LogP contribution in [-0.2, 0) is 4.74 Å². The van der Waals surface area contributed by atoms with Crippen molar-refractivity contribution in [2.45, 2.75) is 0 Å². The molecule has 2 N–H and O–H groups in total. The minimum atomic E-state index is 0.430. The van der Waals surface area contributed by atoms with E-state index >= 15 is 0 Å². The molecule has 0 bridgehead atoms. The van der Waals surface area contributed by atoms with Crippen molar-refractivity contribution in [3.63, 3.8) is 0 Å². The number of nitrogens with zero attached hydrogens (tertiary/aromatic N) is 5. The molecule has 0 saturated carbocycles. The SMILES string of the molecule is COCCOc1ccc(-c2cc(-c3cnc(N)s3)nc(-c3cnccn3)n2)c(Cl)c1. The number of nitrogens with two attached hydrogens (primary N) is 1. The summed E-state index contributed by atoms with van der Waals surface area (Å²) in [5.41, 5.74) is 8.40. The van der Waals surface area contributed by atoms with Gasteiger partial charge < -0.3 is 15.2 Å². The smallest absolute Gasteiger partial charge is 0.180 e.